The first kappa shape index (κ1) is 14.7. The third kappa shape index (κ3) is 3.32. The molecule has 1 N–H and O–H groups in total. The van der Waals surface area contributed by atoms with Crippen molar-refractivity contribution in [2.24, 2.45) is 0 Å². The van der Waals surface area contributed by atoms with E-state index in [1.54, 1.807) is 0 Å². The Bertz CT molecular complexity index is 445. The van der Waals surface area contributed by atoms with Gasteiger partial charge in [-0.1, -0.05) is 6.92 Å². The fourth-order valence-electron chi connectivity index (χ4n) is 1.67. The lowest BCUT2D eigenvalue weighted by Crippen LogP contribution is -2.48. The molecule has 1 aromatic heterocycles. The van der Waals surface area contributed by atoms with Crippen molar-refractivity contribution in [3.63, 3.8) is 0 Å². The first-order valence-corrected chi connectivity index (χ1v) is 6.75. The topological polar surface area (TPSA) is 57.6 Å². The molecule has 0 spiro atoms. The summed E-state index contributed by atoms with van der Waals surface area (Å²) >= 11 is 1.37. The van der Waals surface area contributed by atoms with Gasteiger partial charge in [-0.25, -0.2) is 0 Å². The molecule has 4 nitrogen and oxygen atoms in total. The number of amides is 1. The van der Waals surface area contributed by atoms with Gasteiger partial charge >= 0.3 is 5.97 Å². The lowest BCUT2D eigenvalue weighted by Gasteiger charge is -2.34. The van der Waals surface area contributed by atoms with Crippen LogP contribution in [0.2, 0.25) is 0 Å². The molecular formula is C13H19NO3S. The van der Waals surface area contributed by atoms with Crippen LogP contribution in [0.1, 0.15) is 42.9 Å². The third-order valence-electron chi connectivity index (χ3n) is 2.67. The summed E-state index contributed by atoms with van der Waals surface area (Å²) in [5.41, 5.74) is 0.467. The zero-order chi connectivity index (χ0) is 13.9. The van der Waals surface area contributed by atoms with Crippen LogP contribution in [0.25, 0.3) is 0 Å². The Morgan fingerprint density at radius 3 is 2.44 bits per heavy atom. The van der Waals surface area contributed by atoms with E-state index in [0.29, 0.717) is 4.88 Å². The Kier molecular flexibility index (Phi) is 4.51. The smallest absolute Gasteiger partial charge is 0.323 e. The summed E-state index contributed by atoms with van der Waals surface area (Å²) in [6, 6.07) is 1.92. The maximum absolute atomic E-state index is 12.4. The van der Waals surface area contributed by atoms with Crippen LogP contribution in [0.5, 0.6) is 0 Å². The minimum atomic E-state index is -0.993. The predicted octanol–water partition coefficient (Wildman–Crippen LogP) is 2.64. The molecular weight excluding hydrogens is 250 g/mol. The Labute approximate surface area is 111 Å². The molecule has 0 radical (unpaired) electrons. The van der Waals surface area contributed by atoms with Crippen LogP contribution in [0, 0.1) is 0 Å². The van der Waals surface area contributed by atoms with E-state index in [9.17, 15) is 9.59 Å². The zero-order valence-electron chi connectivity index (χ0n) is 11.2. The molecule has 0 bridgehead atoms. The van der Waals surface area contributed by atoms with E-state index in [1.807, 2.05) is 39.1 Å². The second-order valence-corrected chi connectivity index (χ2v) is 6.00. The molecule has 0 aliphatic heterocycles. The molecule has 1 amide bonds. The van der Waals surface area contributed by atoms with E-state index in [4.69, 9.17) is 5.11 Å². The fraction of sp³-hybridized carbons (Fsp3) is 0.538. The second kappa shape index (κ2) is 5.52. The number of carbonyl (C=O) groups excluding carboxylic acids is 1. The van der Waals surface area contributed by atoms with Crippen molar-refractivity contribution in [1.82, 2.24) is 4.90 Å². The molecule has 1 rings (SSSR count). The normalized spacial score (nSPS) is 11.3. The maximum atomic E-state index is 12.4. The molecule has 1 aromatic rings. The summed E-state index contributed by atoms with van der Waals surface area (Å²) in [5, 5.41) is 10.8. The highest BCUT2D eigenvalue weighted by Crippen LogP contribution is 2.23. The Morgan fingerprint density at radius 1 is 1.39 bits per heavy atom. The van der Waals surface area contributed by atoms with Gasteiger partial charge in [-0.15, -0.1) is 11.3 Å². The Hall–Kier alpha value is -1.36. The summed E-state index contributed by atoms with van der Waals surface area (Å²) in [4.78, 5) is 25.4. The van der Waals surface area contributed by atoms with Crippen LogP contribution in [-0.2, 0) is 11.2 Å². The summed E-state index contributed by atoms with van der Waals surface area (Å²) in [5.74, 6) is -1.19. The van der Waals surface area contributed by atoms with E-state index < -0.39 is 11.5 Å². The highest BCUT2D eigenvalue weighted by Gasteiger charge is 2.30. The minimum absolute atomic E-state index is 0.197. The summed E-state index contributed by atoms with van der Waals surface area (Å²) in [6.07, 6.45) is 0.773. The van der Waals surface area contributed by atoms with Crippen molar-refractivity contribution in [2.45, 2.75) is 39.7 Å². The van der Waals surface area contributed by atoms with E-state index in [-0.39, 0.29) is 12.5 Å². The number of hydrogen-bond acceptors (Lipinski definition) is 3. The number of nitrogens with zero attached hydrogens (tertiary/aromatic N) is 1. The van der Waals surface area contributed by atoms with E-state index in [1.165, 1.54) is 16.2 Å². The molecule has 0 fully saturated rings. The number of rotatable bonds is 4. The molecule has 0 aliphatic rings. The molecule has 18 heavy (non-hydrogen) atoms. The number of carboxylic acid groups (broad SMARTS) is 1. The molecule has 5 heteroatoms. The average molecular weight is 269 g/mol. The molecule has 0 unspecified atom stereocenters. The highest BCUT2D eigenvalue weighted by molar-refractivity contribution is 7.12. The number of aliphatic carboxylic acids is 1. The largest absolute Gasteiger partial charge is 0.480 e. The van der Waals surface area contributed by atoms with Crippen LogP contribution in [-0.4, -0.2) is 34.0 Å². The molecule has 100 valence electrons. The van der Waals surface area contributed by atoms with Crippen molar-refractivity contribution < 1.29 is 14.7 Å². The first-order valence-electron chi connectivity index (χ1n) is 5.87. The SMILES string of the molecule is CCc1ccsc1C(=O)N(CC(=O)O)C(C)(C)C. The van der Waals surface area contributed by atoms with Crippen LogP contribution in [0.4, 0.5) is 0 Å². The van der Waals surface area contributed by atoms with Gasteiger partial charge in [-0.05, 0) is 44.2 Å². The van der Waals surface area contributed by atoms with Crippen LogP contribution < -0.4 is 0 Å². The van der Waals surface area contributed by atoms with Gasteiger partial charge in [0.2, 0.25) is 0 Å². The molecule has 0 atom stereocenters. The fourth-order valence-corrected chi connectivity index (χ4v) is 2.62. The van der Waals surface area contributed by atoms with Gasteiger partial charge in [0.05, 0.1) is 4.88 Å². The molecule has 0 saturated carbocycles. The van der Waals surface area contributed by atoms with Gasteiger partial charge in [0.25, 0.3) is 5.91 Å². The van der Waals surface area contributed by atoms with Crippen LogP contribution in [0.15, 0.2) is 11.4 Å². The van der Waals surface area contributed by atoms with Gasteiger partial charge < -0.3 is 10.0 Å². The molecule has 0 aliphatic carbocycles. The Morgan fingerprint density at radius 2 is 2.00 bits per heavy atom. The lowest BCUT2D eigenvalue weighted by molar-refractivity contribution is -0.138. The van der Waals surface area contributed by atoms with Crippen LogP contribution in [0.3, 0.4) is 0 Å². The highest BCUT2D eigenvalue weighted by atomic mass is 32.1. The van der Waals surface area contributed by atoms with Crippen molar-refractivity contribution in [3.8, 4) is 0 Å². The Balaban J connectivity index is 3.07. The van der Waals surface area contributed by atoms with Gasteiger partial charge in [-0.3, -0.25) is 9.59 Å². The third-order valence-corrected chi connectivity index (χ3v) is 3.61. The standard InChI is InChI=1S/C13H19NO3S/c1-5-9-6-7-18-11(9)12(17)14(8-10(15)16)13(2,3)4/h6-7H,5,8H2,1-4H3,(H,15,16). The number of carbonyl (C=O) groups is 2. The molecule has 1 heterocycles. The van der Waals surface area contributed by atoms with Crippen molar-refractivity contribution in [2.75, 3.05) is 6.54 Å². The van der Waals surface area contributed by atoms with Crippen molar-refractivity contribution in [3.05, 3.63) is 21.9 Å². The summed E-state index contributed by atoms with van der Waals surface area (Å²) in [7, 11) is 0. The number of hydrogen-bond donors (Lipinski definition) is 1. The summed E-state index contributed by atoms with van der Waals surface area (Å²) < 4.78 is 0. The zero-order valence-corrected chi connectivity index (χ0v) is 12.0. The number of aryl methyl sites for hydroxylation is 1. The van der Waals surface area contributed by atoms with Gasteiger partial charge in [0.1, 0.15) is 6.54 Å². The van der Waals surface area contributed by atoms with Gasteiger partial charge in [0.15, 0.2) is 0 Å². The van der Waals surface area contributed by atoms with E-state index in [2.05, 4.69) is 0 Å². The van der Waals surface area contributed by atoms with Crippen LogP contribution >= 0.6 is 11.3 Å². The summed E-state index contributed by atoms with van der Waals surface area (Å²) in [6.45, 7) is 7.23. The quantitative estimate of drug-likeness (QED) is 0.914. The second-order valence-electron chi connectivity index (χ2n) is 5.08. The molecule has 0 aromatic carbocycles. The van der Waals surface area contributed by atoms with E-state index in [0.717, 1.165) is 12.0 Å². The maximum Gasteiger partial charge on any atom is 0.323 e. The number of thiophene rings is 1. The molecule has 0 saturated heterocycles. The van der Waals surface area contributed by atoms with Crippen molar-refractivity contribution in [1.29, 1.82) is 0 Å². The first-order chi connectivity index (χ1) is 8.27. The van der Waals surface area contributed by atoms with Crippen molar-refractivity contribution >= 4 is 23.2 Å². The van der Waals surface area contributed by atoms with E-state index >= 15 is 0 Å². The lowest BCUT2D eigenvalue weighted by atomic mass is 10.0. The minimum Gasteiger partial charge on any atom is -0.480 e. The van der Waals surface area contributed by atoms with Gasteiger partial charge in [0, 0.05) is 5.54 Å². The monoisotopic (exact) mass is 269 g/mol. The van der Waals surface area contributed by atoms with Gasteiger partial charge in [-0.2, -0.15) is 0 Å². The predicted molar refractivity (Wildman–Crippen MR) is 72.1 cm³/mol. The number of carboxylic acids is 1. The average Bonchev–Trinajstić information content (AvgIpc) is 2.71.